The van der Waals surface area contributed by atoms with Crippen molar-refractivity contribution < 1.29 is 13.2 Å². The van der Waals surface area contributed by atoms with Gasteiger partial charge >= 0.3 is 0 Å². The van der Waals surface area contributed by atoms with Crippen molar-refractivity contribution in [1.29, 1.82) is 0 Å². The fourth-order valence-electron chi connectivity index (χ4n) is 1.41. The van der Waals surface area contributed by atoms with Crippen LogP contribution < -0.4 is 4.72 Å². The number of rotatable bonds is 4. The number of aromatic nitrogens is 2. The maximum atomic E-state index is 12.1. The molecule has 6 nitrogen and oxygen atoms in total. The summed E-state index contributed by atoms with van der Waals surface area (Å²) in [6.45, 7) is 1.42. The van der Waals surface area contributed by atoms with E-state index in [1.54, 1.807) is 0 Å². The Labute approximate surface area is 118 Å². The summed E-state index contributed by atoms with van der Waals surface area (Å²) in [5.74, 6) is 0.129. The van der Waals surface area contributed by atoms with Gasteiger partial charge in [-0.05, 0) is 35.0 Å². The Bertz CT molecular complexity index is 707. The maximum absolute atomic E-state index is 12.1. The van der Waals surface area contributed by atoms with Gasteiger partial charge < -0.3 is 0 Å². The Morgan fingerprint density at radius 3 is 2.42 bits per heavy atom. The number of halogens is 1. The van der Waals surface area contributed by atoms with Crippen molar-refractivity contribution in [3.8, 4) is 0 Å². The minimum absolute atomic E-state index is 0.0685. The highest BCUT2D eigenvalue weighted by Gasteiger charge is 2.16. The van der Waals surface area contributed by atoms with Crippen molar-refractivity contribution in [2.45, 2.75) is 11.8 Å². The molecular weight excluding hydrogens is 334 g/mol. The number of carbonyl (C=O) groups excluding carboxylic acids is 1. The molecule has 0 saturated carbocycles. The van der Waals surface area contributed by atoms with Crippen LogP contribution in [0.3, 0.4) is 0 Å². The van der Waals surface area contributed by atoms with Gasteiger partial charge in [0, 0.05) is 5.56 Å². The zero-order chi connectivity index (χ0) is 14.0. The van der Waals surface area contributed by atoms with Crippen molar-refractivity contribution in [2.24, 2.45) is 0 Å². The molecule has 2 rings (SSSR count). The predicted molar refractivity (Wildman–Crippen MR) is 73.5 cm³/mol. The molecule has 2 aromatic rings. The van der Waals surface area contributed by atoms with Gasteiger partial charge in [0.05, 0.1) is 15.6 Å². The number of hydrogen-bond donors (Lipinski definition) is 2. The fourth-order valence-corrected chi connectivity index (χ4v) is 2.86. The molecule has 0 aliphatic carbocycles. The lowest BCUT2D eigenvalue weighted by atomic mass is 10.2. The molecule has 0 unspecified atom stereocenters. The van der Waals surface area contributed by atoms with Gasteiger partial charge in [-0.3, -0.25) is 14.6 Å². The molecule has 0 saturated heterocycles. The average Bonchev–Trinajstić information content (AvgIpc) is 2.74. The molecule has 8 heteroatoms. The van der Waals surface area contributed by atoms with E-state index in [1.807, 2.05) is 0 Å². The van der Waals surface area contributed by atoms with Crippen LogP contribution in [-0.4, -0.2) is 24.4 Å². The molecule has 0 aliphatic rings. The summed E-state index contributed by atoms with van der Waals surface area (Å²) in [7, 11) is -3.71. The normalized spacial score (nSPS) is 11.3. The number of Topliss-reactive ketones (excluding diaryl/α,β-unsaturated/α-hetero) is 1. The van der Waals surface area contributed by atoms with Crippen LogP contribution in [0.1, 0.15) is 17.3 Å². The molecule has 1 aromatic carbocycles. The van der Waals surface area contributed by atoms with Crippen LogP contribution in [0.2, 0.25) is 0 Å². The molecule has 2 N–H and O–H groups in total. The summed E-state index contributed by atoms with van der Waals surface area (Å²) in [6.07, 6.45) is 1.44. The van der Waals surface area contributed by atoms with Crippen molar-refractivity contribution in [3.63, 3.8) is 0 Å². The molecule has 0 atom stereocenters. The van der Waals surface area contributed by atoms with Gasteiger partial charge in [0.25, 0.3) is 10.0 Å². The second kappa shape index (κ2) is 5.14. The first-order chi connectivity index (χ1) is 8.90. The zero-order valence-electron chi connectivity index (χ0n) is 9.84. The van der Waals surface area contributed by atoms with Crippen molar-refractivity contribution >= 4 is 37.6 Å². The highest BCUT2D eigenvalue weighted by Crippen LogP contribution is 2.22. The van der Waals surface area contributed by atoms with Crippen LogP contribution in [0.4, 0.5) is 5.82 Å². The van der Waals surface area contributed by atoms with Crippen LogP contribution in [-0.2, 0) is 10.0 Å². The van der Waals surface area contributed by atoms with Crippen LogP contribution in [0.25, 0.3) is 0 Å². The van der Waals surface area contributed by atoms with E-state index < -0.39 is 10.0 Å². The van der Waals surface area contributed by atoms with E-state index in [0.717, 1.165) is 0 Å². The highest BCUT2D eigenvalue weighted by atomic mass is 79.9. The third-order valence-corrected chi connectivity index (χ3v) is 4.37. The van der Waals surface area contributed by atoms with Gasteiger partial charge in [-0.1, -0.05) is 12.1 Å². The zero-order valence-corrected chi connectivity index (χ0v) is 12.2. The first-order valence-corrected chi connectivity index (χ1v) is 7.50. The van der Waals surface area contributed by atoms with E-state index in [9.17, 15) is 13.2 Å². The molecule has 0 spiro atoms. The van der Waals surface area contributed by atoms with Crippen LogP contribution in [0.5, 0.6) is 0 Å². The minimum atomic E-state index is -3.71. The Balaban J connectivity index is 2.29. The van der Waals surface area contributed by atoms with Crippen molar-refractivity contribution in [3.05, 3.63) is 40.5 Å². The van der Waals surface area contributed by atoms with E-state index in [2.05, 4.69) is 30.8 Å². The van der Waals surface area contributed by atoms with Gasteiger partial charge in [-0.25, -0.2) is 8.42 Å². The first kappa shape index (κ1) is 13.8. The average molecular weight is 344 g/mol. The Kier molecular flexibility index (Phi) is 3.72. The lowest BCUT2D eigenvalue weighted by molar-refractivity contribution is 0.101. The Morgan fingerprint density at radius 1 is 1.32 bits per heavy atom. The maximum Gasteiger partial charge on any atom is 0.263 e. The smallest absolute Gasteiger partial charge is 0.263 e. The van der Waals surface area contributed by atoms with Gasteiger partial charge in [-0.15, -0.1) is 0 Å². The standard InChI is InChI=1S/C11H10BrN3O3S/c1-7(16)8-2-4-9(5-3-8)19(17,18)15-11-10(12)6-13-14-11/h2-6H,1H3,(H2,13,14,15). The van der Waals surface area contributed by atoms with Gasteiger partial charge in [0.2, 0.25) is 0 Å². The van der Waals surface area contributed by atoms with E-state index in [0.29, 0.717) is 10.0 Å². The van der Waals surface area contributed by atoms with E-state index in [-0.39, 0.29) is 16.5 Å². The highest BCUT2D eigenvalue weighted by molar-refractivity contribution is 9.10. The number of aromatic amines is 1. The fraction of sp³-hybridized carbons (Fsp3) is 0.0909. The molecule has 100 valence electrons. The summed E-state index contributed by atoms with van der Waals surface area (Å²) in [4.78, 5) is 11.2. The third kappa shape index (κ3) is 3.02. The number of carbonyl (C=O) groups is 1. The number of sulfonamides is 1. The largest absolute Gasteiger partial charge is 0.295 e. The predicted octanol–water partition coefficient (Wildman–Crippen LogP) is 2.18. The molecule has 19 heavy (non-hydrogen) atoms. The molecule has 0 aliphatic heterocycles. The van der Waals surface area contributed by atoms with E-state index in [4.69, 9.17) is 0 Å². The third-order valence-electron chi connectivity index (χ3n) is 2.40. The van der Waals surface area contributed by atoms with Crippen molar-refractivity contribution in [1.82, 2.24) is 10.2 Å². The summed E-state index contributed by atoms with van der Waals surface area (Å²) in [6, 6.07) is 5.70. The molecule has 0 fully saturated rings. The van der Waals surface area contributed by atoms with E-state index >= 15 is 0 Å². The second-order valence-electron chi connectivity index (χ2n) is 3.78. The molecular formula is C11H10BrN3O3S. The second-order valence-corrected chi connectivity index (χ2v) is 6.32. The van der Waals surface area contributed by atoms with Crippen LogP contribution in [0.15, 0.2) is 39.8 Å². The Hall–Kier alpha value is -1.67. The summed E-state index contributed by atoms with van der Waals surface area (Å²) in [5, 5.41) is 6.21. The van der Waals surface area contributed by atoms with Crippen molar-refractivity contribution in [2.75, 3.05) is 4.72 Å². The molecule has 1 aromatic heterocycles. The molecule has 1 heterocycles. The lowest BCUT2D eigenvalue weighted by Crippen LogP contribution is -2.13. The molecule has 0 bridgehead atoms. The number of benzene rings is 1. The van der Waals surface area contributed by atoms with Crippen LogP contribution in [0, 0.1) is 0 Å². The quantitative estimate of drug-likeness (QED) is 0.832. The number of hydrogen-bond acceptors (Lipinski definition) is 4. The summed E-state index contributed by atoms with van der Waals surface area (Å²) in [5.41, 5.74) is 0.460. The van der Waals surface area contributed by atoms with Gasteiger partial charge in [0.15, 0.2) is 5.78 Å². The number of ketones is 1. The molecule has 0 amide bonds. The SMILES string of the molecule is CC(=O)c1ccc(S(=O)(=O)Nc2[nH]ncc2Br)cc1. The monoisotopic (exact) mass is 343 g/mol. The minimum Gasteiger partial charge on any atom is -0.295 e. The summed E-state index contributed by atoms with van der Waals surface area (Å²) < 4.78 is 27.0. The topological polar surface area (TPSA) is 91.9 Å². The lowest BCUT2D eigenvalue weighted by Gasteiger charge is -2.06. The number of nitrogens with zero attached hydrogens (tertiary/aromatic N) is 1. The number of anilines is 1. The van der Waals surface area contributed by atoms with E-state index in [1.165, 1.54) is 37.4 Å². The number of nitrogens with one attached hydrogen (secondary N) is 2. The van der Waals surface area contributed by atoms with Gasteiger partial charge in [0.1, 0.15) is 5.82 Å². The van der Waals surface area contributed by atoms with Gasteiger partial charge in [-0.2, -0.15) is 5.10 Å². The number of H-pyrrole nitrogens is 1. The molecule has 0 radical (unpaired) electrons. The summed E-state index contributed by atoms with van der Waals surface area (Å²) >= 11 is 3.16. The van der Waals surface area contributed by atoms with Crippen LogP contribution >= 0.6 is 15.9 Å². The Morgan fingerprint density at radius 2 is 1.95 bits per heavy atom. The first-order valence-electron chi connectivity index (χ1n) is 5.23.